The van der Waals surface area contributed by atoms with Gasteiger partial charge in [0.1, 0.15) is 10.6 Å². The third-order valence-electron chi connectivity index (χ3n) is 3.91. The summed E-state index contributed by atoms with van der Waals surface area (Å²) in [6.45, 7) is 0.376. The predicted octanol–water partition coefficient (Wildman–Crippen LogP) is 3.66. The molecule has 0 fully saturated rings. The van der Waals surface area contributed by atoms with E-state index in [1.807, 2.05) is 30.3 Å². The smallest absolute Gasteiger partial charge is 0.224 e. The van der Waals surface area contributed by atoms with Crippen molar-refractivity contribution >= 4 is 29.1 Å². The van der Waals surface area contributed by atoms with E-state index in [4.69, 9.17) is 27.6 Å². The molecular formula is C16H15Cl2NO2. The molecule has 0 spiro atoms. The van der Waals surface area contributed by atoms with Crippen LogP contribution in [0.3, 0.4) is 0 Å². The first-order chi connectivity index (χ1) is 10.2. The molecule has 0 unspecified atom stereocenters. The Morgan fingerprint density at radius 3 is 2.81 bits per heavy atom. The summed E-state index contributed by atoms with van der Waals surface area (Å²) in [6, 6.07) is 11.6. The molecule has 1 aromatic carbocycles. The van der Waals surface area contributed by atoms with Gasteiger partial charge in [0.05, 0.1) is 18.7 Å². The topological polar surface area (TPSA) is 42.2 Å². The Labute approximate surface area is 133 Å². The van der Waals surface area contributed by atoms with Crippen molar-refractivity contribution in [1.82, 2.24) is 5.32 Å². The summed E-state index contributed by atoms with van der Waals surface area (Å²) in [5.74, 6) is 0.279. The number of hydrogen-bond acceptors (Lipinski definition) is 2. The van der Waals surface area contributed by atoms with Crippen molar-refractivity contribution in [1.29, 1.82) is 0 Å². The van der Waals surface area contributed by atoms with Crippen molar-refractivity contribution in [3.63, 3.8) is 0 Å². The molecule has 2 aromatic rings. The fourth-order valence-electron chi connectivity index (χ4n) is 2.91. The van der Waals surface area contributed by atoms with E-state index in [1.54, 1.807) is 12.3 Å². The molecule has 3 rings (SSSR count). The number of benzene rings is 1. The Balaban J connectivity index is 1.74. The fraction of sp³-hybridized carbons (Fsp3) is 0.312. The van der Waals surface area contributed by atoms with Gasteiger partial charge in [0, 0.05) is 5.92 Å². The van der Waals surface area contributed by atoms with Gasteiger partial charge in [-0.05, 0) is 29.7 Å². The number of halogens is 2. The summed E-state index contributed by atoms with van der Waals surface area (Å²) in [5, 5.41) is 2.90. The first-order valence-corrected chi connectivity index (χ1v) is 7.70. The van der Waals surface area contributed by atoms with Gasteiger partial charge in [0.25, 0.3) is 0 Å². The van der Waals surface area contributed by atoms with Gasteiger partial charge in [-0.2, -0.15) is 0 Å². The summed E-state index contributed by atoms with van der Waals surface area (Å²) < 4.78 is 5.22. The Hall–Kier alpha value is -1.45. The van der Waals surface area contributed by atoms with Gasteiger partial charge in [-0.15, -0.1) is 23.2 Å². The Morgan fingerprint density at radius 2 is 2.10 bits per heavy atom. The van der Waals surface area contributed by atoms with E-state index in [9.17, 15) is 4.79 Å². The van der Waals surface area contributed by atoms with Crippen LogP contribution in [0, 0.1) is 5.92 Å². The maximum atomic E-state index is 12.5. The van der Waals surface area contributed by atoms with Crippen molar-refractivity contribution < 1.29 is 9.21 Å². The Bertz CT molecular complexity index is 625. The number of carbonyl (C=O) groups excluding carboxylic acids is 1. The molecule has 0 radical (unpaired) electrons. The summed E-state index contributed by atoms with van der Waals surface area (Å²) in [6.07, 6.45) is 2.25. The minimum absolute atomic E-state index is 0.0427. The van der Waals surface area contributed by atoms with Crippen LogP contribution in [0.15, 0.2) is 47.1 Å². The number of carbonyl (C=O) groups is 1. The second kappa shape index (κ2) is 6.12. The minimum Gasteiger partial charge on any atom is -0.467 e. The first kappa shape index (κ1) is 14.5. The molecule has 1 heterocycles. The van der Waals surface area contributed by atoms with Gasteiger partial charge in [-0.3, -0.25) is 4.79 Å². The molecule has 1 N–H and O–H groups in total. The average Bonchev–Trinajstić information content (AvgIpc) is 3.11. The van der Waals surface area contributed by atoms with E-state index in [0.717, 1.165) is 16.9 Å². The minimum atomic E-state index is -0.604. The van der Waals surface area contributed by atoms with Crippen molar-refractivity contribution in [2.75, 3.05) is 0 Å². The van der Waals surface area contributed by atoms with Crippen molar-refractivity contribution in [2.24, 2.45) is 5.92 Å². The Kier molecular flexibility index (Phi) is 4.22. The molecule has 0 aliphatic heterocycles. The molecule has 1 aromatic heterocycles. The van der Waals surface area contributed by atoms with E-state index < -0.39 is 4.84 Å². The van der Waals surface area contributed by atoms with E-state index in [0.29, 0.717) is 13.0 Å². The van der Waals surface area contributed by atoms with E-state index >= 15 is 0 Å². The molecule has 0 bridgehead atoms. The average molecular weight is 324 g/mol. The molecule has 1 aliphatic rings. The first-order valence-electron chi connectivity index (χ1n) is 6.83. The third kappa shape index (κ3) is 2.94. The second-order valence-corrected chi connectivity index (χ2v) is 6.33. The zero-order valence-electron chi connectivity index (χ0n) is 11.3. The fourth-order valence-corrected chi connectivity index (χ4v) is 3.53. The number of hydrogen-bond donors (Lipinski definition) is 1. The Morgan fingerprint density at radius 1 is 1.29 bits per heavy atom. The van der Waals surface area contributed by atoms with Crippen LogP contribution in [0.1, 0.15) is 22.8 Å². The molecule has 1 aliphatic carbocycles. The van der Waals surface area contributed by atoms with E-state index in [-0.39, 0.29) is 17.7 Å². The van der Waals surface area contributed by atoms with E-state index in [2.05, 4.69) is 5.32 Å². The van der Waals surface area contributed by atoms with Gasteiger partial charge in [0.15, 0.2) is 0 Å². The molecule has 0 saturated heterocycles. The second-order valence-electron chi connectivity index (χ2n) is 5.17. The van der Waals surface area contributed by atoms with Crippen LogP contribution in [0.2, 0.25) is 0 Å². The molecule has 3 nitrogen and oxygen atoms in total. The third-order valence-corrected chi connectivity index (χ3v) is 4.46. The SMILES string of the molecule is O=C(NCc1ccco1)[C@H]1Cc2ccccc2[C@@H]1C(Cl)Cl. The highest BCUT2D eigenvalue weighted by atomic mass is 35.5. The summed E-state index contributed by atoms with van der Waals surface area (Å²) in [5.41, 5.74) is 2.22. The van der Waals surface area contributed by atoms with Crippen LogP contribution in [-0.2, 0) is 17.8 Å². The van der Waals surface area contributed by atoms with Crippen LogP contribution in [0.4, 0.5) is 0 Å². The maximum Gasteiger partial charge on any atom is 0.224 e. The number of fused-ring (bicyclic) bond motifs is 1. The summed E-state index contributed by atoms with van der Waals surface area (Å²) in [7, 11) is 0. The summed E-state index contributed by atoms with van der Waals surface area (Å²) >= 11 is 12.2. The lowest BCUT2D eigenvalue weighted by Crippen LogP contribution is -2.34. The van der Waals surface area contributed by atoms with Gasteiger partial charge < -0.3 is 9.73 Å². The molecule has 1 amide bonds. The largest absolute Gasteiger partial charge is 0.467 e. The van der Waals surface area contributed by atoms with E-state index in [1.165, 1.54) is 0 Å². The van der Waals surface area contributed by atoms with Gasteiger partial charge in [-0.25, -0.2) is 0 Å². The number of nitrogens with one attached hydrogen (secondary N) is 1. The summed E-state index contributed by atoms with van der Waals surface area (Å²) in [4.78, 5) is 11.9. The highest BCUT2D eigenvalue weighted by molar-refractivity contribution is 6.45. The number of rotatable bonds is 4. The zero-order valence-corrected chi connectivity index (χ0v) is 12.8. The molecular weight excluding hydrogens is 309 g/mol. The van der Waals surface area contributed by atoms with Gasteiger partial charge >= 0.3 is 0 Å². The highest BCUT2D eigenvalue weighted by Gasteiger charge is 2.40. The molecule has 0 saturated carbocycles. The van der Waals surface area contributed by atoms with Crippen LogP contribution >= 0.6 is 23.2 Å². The van der Waals surface area contributed by atoms with Crippen molar-refractivity contribution in [2.45, 2.75) is 23.7 Å². The highest BCUT2D eigenvalue weighted by Crippen LogP contribution is 2.43. The number of amides is 1. The van der Waals surface area contributed by atoms with Crippen molar-refractivity contribution in [3.05, 3.63) is 59.5 Å². The van der Waals surface area contributed by atoms with Crippen LogP contribution in [0.25, 0.3) is 0 Å². The lowest BCUT2D eigenvalue weighted by molar-refractivity contribution is -0.125. The van der Waals surface area contributed by atoms with Crippen LogP contribution in [0.5, 0.6) is 0 Å². The molecule has 110 valence electrons. The monoisotopic (exact) mass is 323 g/mol. The lowest BCUT2D eigenvalue weighted by atomic mass is 9.93. The van der Waals surface area contributed by atoms with Crippen LogP contribution < -0.4 is 5.32 Å². The van der Waals surface area contributed by atoms with Gasteiger partial charge in [-0.1, -0.05) is 24.3 Å². The van der Waals surface area contributed by atoms with Crippen molar-refractivity contribution in [3.8, 4) is 0 Å². The molecule has 5 heteroatoms. The maximum absolute atomic E-state index is 12.5. The quantitative estimate of drug-likeness (QED) is 0.872. The molecule has 21 heavy (non-hydrogen) atoms. The zero-order chi connectivity index (χ0) is 14.8. The standard InChI is InChI=1S/C16H15Cl2NO2/c17-15(18)14-12-6-2-1-4-10(12)8-13(14)16(20)19-9-11-5-3-7-21-11/h1-7,13-15H,8-9H2,(H,19,20)/t13-,14-/m0/s1. The normalized spacial score (nSPS) is 20.5. The van der Waals surface area contributed by atoms with Crippen LogP contribution in [-0.4, -0.2) is 10.7 Å². The lowest BCUT2D eigenvalue weighted by Gasteiger charge is -2.20. The number of alkyl halides is 2. The number of furan rings is 1. The van der Waals surface area contributed by atoms with Gasteiger partial charge in [0.2, 0.25) is 5.91 Å². The predicted molar refractivity (Wildman–Crippen MR) is 82.4 cm³/mol. The molecule has 2 atom stereocenters.